The number of hydrogen-bond donors (Lipinski definition) is 3. The highest BCUT2D eigenvalue weighted by Gasteiger charge is 2.07. The number of hydrogen-bond acceptors (Lipinski definition) is 6. The molecule has 0 radical (unpaired) electrons. The van der Waals surface area contributed by atoms with Crippen molar-refractivity contribution in [1.29, 1.82) is 0 Å². The SMILES string of the molecule is CCOC(=O)Nc1ccc(NCc2nc(F)cs2)cc1N. The van der Waals surface area contributed by atoms with Crippen LogP contribution in [0.25, 0.3) is 0 Å². The maximum absolute atomic E-state index is 12.8. The van der Waals surface area contributed by atoms with Crippen LogP contribution in [0.3, 0.4) is 0 Å². The van der Waals surface area contributed by atoms with E-state index in [9.17, 15) is 9.18 Å². The highest BCUT2D eigenvalue weighted by Crippen LogP contribution is 2.23. The topological polar surface area (TPSA) is 89.3 Å². The van der Waals surface area contributed by atoms with Crippen molar-refractivity contribution >= 4 is 34.5 Å². The fourth-order valence-corrected chi connectivity index (χ4v) is 2.19. The van der Waals surface area contributed by atoms with Gasteiger partial charge < -0.3 is 15.8 Å². The fraction of sp³-hybridized carbons (Fsp3) is 0.231. The van der Waals surface area contributed by atoms with Crippen LogP contribution in [0.5, 0.6) is 0 Å². The molecule has 4 N–H and O–H groups in total. The Morgan fingerprint density at radius 1 is 1.52 bits per heavy atom. The Bertz CT molecular complexity index is 632. The third-order valence-electron chi connectivity index (χ3n) is 2.53. The lowest BCUT2D eigenvalue weighted by molar-refractivity contribution is 0.168. The zero-order chi connectivity index (χ0) is 15.2. The number of rotatable bonds is 5. The minimum atomic E-state index is -0.553. The second-order valence-corrected chi connectivity index (χ2v) is 5.01. The summed E-state index contributed by atoms with van der Waals surface area (Å²) in [6, 6.07) is 5.09. The number of nitrogens with zero attached hydrogens (tertiary/aromatic N) is 1. The molecule has 112 valence electrons. The third-order valence-corrected chi connectivity index (χ3v) is 3.35. The summed E-state index contributed by atoms with van der Waals surface area (Å²) in [6.45, 7) is 2.41. The highest BCUT2D eigenvalue weighted by atomic mass is 32.1. The van der Waals surface area contributed by atoms with Gasteiger partial charge in [0.15, 0.2) is 0 Å². The highest BCUT2D eigenvalue weighted by molar-refractivity contribution is 7.09. The molecule has 0 aliphatic carbocycles. The summed E-state index contributed by atoms with van der Waals surface area (Å²) in [6.07, 6.45) is -0.553. The molecule has 6 nitrogen and oxygen atoms in total. The average molecular weight is 310 g/mol. The fourth-order valence-electron chi connectivity index (χ4n) is 1.61. The molecule has 2 aromatic rings. The summed E-state index contributed by atoms with van der Waals surface area (Å²) in [4.78, 5) is 15.0. The van der Waals surface area contributed by atoms with Crippen LogP contribution in [-0.2, 0) is 11.3 Å². The molecule has 1 amide bonds. The van der Waals surface area contributed by atoms with E-state index in [4.69, 9.17) is 10.5 Å². The van der Waals surface area contributed by atoms with Gasteiger partial charge in [-0.15, -0.1) is 11.3 Å². The Balaban J connectivity index is 1.96. The van der Waals surface area contributed by atoms with Crippen LogP contribution in [-0.4, -0.2) is 17.7 Å². The summed E-state index contributed by atoms with van der Waals surface area (Å²) in [7, 11) is 0. The van der Waals surface area contributed by atoms with Crippen molar-refractivity contribution in [2.24, 2.45) is 0 Å². The van der Waals surface area contributed by atoms with Gasteiger partial charge in [-0.1, -0.05) is 0 Å². The van der Waals surface area contributed by atoms with E-state index in [2.05, 4.69) is 15.6 Å². The zero-order valence-corrected chi connectivity index (χ0v) is 12.2. The molecule has 1 aromatic heterocycles. The number of carbonyl (C=O) groups is 1. The summed E-state index contributed by atoms with van der Waals surface area (Å²) >= 11 is 1.24. The van der Waals surface area contributed by atoms with Gasteiger partial charge in [-0.25, -0.2) is 9.78 Å². The minimum Gasteiger partial charge on any atom is -0.450 e. The quantitative estimate of drug-likeness (QED) is 0.739. The molecular weight excluding hydrogens is 295 g/mol. The molecule has 0 aliphatic rings. The number of ether oxygens (including phenoxy) is 1. The molecule has 2 rings (SSSR count). The number of aromatic nitrogens is 1. The normalized spacial score (nSPS) is 10.2. The van der Waals surface area contributed by atoms with Gasteiger partial charge >= 0.3 is 6.09 Å². The lowest BCUT2D eigenvalue weighted by Gasteiger charge is -2.10. The lowest BCUT2D eigenvalue weighted by atomic mass is 10.2. The maximum atomic E-state index is 12.8. The van der Waals surface area contributed by atoms with Gasteiger partial charge in [0, 0.05) is 11.1 Å². The minimum absolute atomic E-state index is 0.287. The number of nitrogens with two attached hydrogens (primary N) is 1. The van der Waals surface area contributed by atoms with Crippen molar-refractivity contribution < 1.29 is 13.9 Å². The molecule has 0 bridgehead atoms. The van der Waals surface area contributed by atoms with Crippen LogP contribution in [0, 0.1) is 5.95 Å². The van der Waals surface area contributed by atoms with Gasteiger partial charge in [-0.2, -0.15) is 4.39 Å². The Morgan fingerprint density at radius 2 is 2.33 bits per heavy atom. The number of nitrogens with one attached hydrogen (secondary N) is 2. The molecule has 1 aromatic carbocycles. The number of anilines is 3. The smallest absolute Gasteiger partial charge is 0.411 e. The molecule has 0 unspecified atom stereocenters. The van der Waals surface area contributed by atoms with Gasteiger partial charge in [0.05, 0.1) is 24.5 Å². The summed E-state index contributed by atoms with van der Waals surface area (Å²) in [5.74, 6) is -0.481. The van der Waals surface area contributed by atoms with Crippen molar-refractivity contribution in [2.75, 3.05) is 23.0 Å². The number of amides is 1. The molecular formula is C13H15FN4O2S. The molecule has 0 saturated carbocycles. The number of thiazole rings is 1. The first-order chi connectivity index (χ1) is 10.1. The summed E-state index contributed by atoms with van der Waals surface area (Å²) in [5, 5.41) is 7.60. The van der Waals surface area contributed by atoms with Gasteiger partial charge in [0.25, 0.3) is 0 Å². The summed E-state index contributed by atoms with van der Waals surface area (Å²) in [5.41, 5.74) is 7.48. The van der Waals surface area contributed by atoms with Crippen molar-refractivity contribution in [3.8, 4) is 0 Å². The molecule has 1 heterocycles. The first kappa shape index (κ1) is 15.0. The second-order valence-electron chi connectivity index (χ2n) is 4.07. The van der Waals surface area contributed by atoms with Gasteiger partial charge in [-0.3, -0.25) is 5.32 Å². The number of nitrogen functional groups attached to an aromatic ring is 1. The molecule has 8 heteroatoms. The van der Waals surface area contributed by atoms with Crippen LogP contribution in [0.4, 0.5) is 26.2 Å². The van der Waals surface area contributed by atoms with Crippen molar-refractivity contribution in [3.05, 3.63) is 34.5 Å². The van der Waals surface area contributed by atoms with E-state index in [-0.39, 0.29) is 6.61 Å². The predicted molar refractivity (Wildman–Crippen MR) is 80.9 cm³/mol. The first-order valence-corrected chi connectivity index (χ1v) is 7.13. The first-order valence-electron chi connectivity index (χ1n) is 6.25. The summed E-state index contributed by atoms with van der Waals surface area (Å²) < 4.78 is 17.5. The Morgan fingerprint density at radius 3 is 2.95 bits per heavy atom. The van der Waals surface area contributed by atoms with E-state index in [1.54, 1.807) is 25.1 Å². The molecule has 0 aliphatic heterocycles. The second kappa shape index (κ2) is 6.89. The number of carbonyl (C=O) groups excluding carboxylic acids is 1. The standard InChI is InChI=1S/C13H15FN4O2S/c1-2-20-13(19)17-10-4-3-8(5-9(10)15)16-6-12-18-11(14)7-21-12/h3-5,7,16H,2,6,15H2,1H3,(H,17,19). The van der Waals surface area contributed by atoms with Crippen molar-refractivity contribution in [2.45, 2.75) is 13.5 Å². The van der Waals surface area contributed by atoms with E-state index in [1.807, 2.05) is 0 Å². The molecule has 0 atom stereocenters. The molecule has 0 spiro atoms. The monoisotopic (exact) mass is 310 g/mol. The predicted octanol–water partition coefficient (Wildman–Crippen LogP) is 3.04. The van der Waals surface area contributed by atoms with E-state index in [1.165, 1.54) is 16.7 Å². The van der Waals surface area contributed by atoms with Crippen LogP contribution in [0.15, 0.2) is 23.6 Å². The Kier molecular flexibility index (Phi) is 4.94. The van der Waals surface area contributed by atoms with Gasteiger partial charge in [-0.05, 0) is 25.1 Å². The van der Waals surface area contributed by atoms with Gasteiger partial charge in [0.1, 0.15) is 5.01 Å². The van der Waals surface area contributed by atoms with Crippen LogP contribution in [0.1, 0.15) is 11.9 Å². The maximum Gasteiger partial charge on any atom is 0.411 e. The van der Waals surface area contributed by atoms with E-state index < -0.39 is 12.0 Å². The molecule has 0 fully saturated rings. The molecule has 0 saturated heterocycles. The zero-order valence-electron chi connectivity index (χ0n) is 11.4. The largest absolute Gasteiger partial charge is 0.450 e. The lowest BCUT2D eigenvalue weighted by Crippen LogP contribution is -2.14. The number of benzene rings is 1. The number of halogens is 1. The van der Waals surface area contributed by atoms with Crippen molar-refractivity contribution in [1.82, 2.24) is 4.98 Å². The van der Waals surface area contributed by atoms with E-state index in [0.29, 0.717) is 22.9 Å². The third kappa shape index (κ3) is 4.32. The average Bonchev–Trinajstić information content (AvgIpc) is 2.85. The van der Waals surface area contributed by atoms with E-state index >= 15 is 0 Å². The van der Waals surface area contributed by atoms with Crippen LogP contribution in [0.2, 0.25) is 0 Å². The Labute approximate surface area is 125 Å². The Hall–Kier alpha value is -2.35. The van der Waals surface area contributed by atoms with Crippen LogP contribution >= 0.6 is 11.3 Å². The van der Waals surface area contributed by atoms with Crippen molar-refractivity contribution in [3.63, 3.8) is 0 Å². The van der Waals surface area contributed by atoms with Crippen LogP contribution < -0.4 is 16.4 Å². The van der Waals surface area contributed by atoms with E-state index in [0.717, 1.165) is 5.69 Å². The molecule has 21 heavy (non-hydrogen) atoms. The van der Waals surface area contributed by atoms with Gasteiger partial charge in [0.2, 0.25) is 5.95 Å².